The lowest BCUT2D eigenvalue weighted by Crippen LogP contribution is -2.00. The first-order valence-corrected chi connectivity index (χ1v) is 6.85. The molecule has 0 spiro atoms. The van der Waals surface area contributed by atoms with Crippen molar-refractivity contribution in [3.63, 3.8) is 0 Å². The van der Waals surface area contributed by atoms with Crippen LogP contribution < -0.4 is 9.47 Å². The van der Waals surface area contributed by atoms with Crippen molar-refractivity contribution in [2.24, 2.45) is 0 Å². The van der Waals surface area contributed by atoms with Crippen molar-refractivity contribution < 1.29 is 19.4 Å². The van der Waals surface area contributed by atoms with E-state index in [9.17, 15) is 4.79 Å². The summed E-state index contributed by atoms with van der Waals surface area (Å²) in [4.78, 5) is 11.0. The van der Waals surface area contributed by atoms with E-state index in [0.29, 0.717) is 23.9 Å². The van der Waals surface area contributed by atoms with Crippen LogP contribution in [0.1, 0.15) is 29.3 Å². The number of hydrogen-bond donors (Lipinski definition) is 1. The molecule has 4 heteroatoms. The SMILES string of the molecule is CCCOc1ccccc1Oc1cc(C(=O)O)ccc1C. The van der Waals surface area contributed by atoms with Gasteiger partial charge in [0.2, 0.25) is 0 Å². The zero-order valence-corrected chi connectivity index (χ0v) is 12.1. The second-order valence-corrected chi connectivity index (χ2v) is 4.68. The lowest BCUT2D eigenvalue weighted by Gasteiger charge is -2.13. The van der Waals surface area contributed by atoms with Gasteiger partial charge in [0.05, 0.1) is 12.2 Å². The van der Waals surface area contributed by atoms with Crippen LogP contribution in [0.3, 0.4) is 0 Å². The monoisotopic (exact) mass is 286 g/mol. The Morgan fingerprint density at radius 2 is 1.81 bits per heavy atom. The average molecular weight is 286 g/mol. The Morgan fingerprint density at radius 3 is 2.48 bits per heavy atom. The van der Waals surface area contributed by atoms with Gasteiger partial charge in [-0.1, -0.05) is 25.1 Å². The molecular formula is C17H18O4. The molecule has 0 fully saturated rings. The first-order chi connectivity index (χ1) is 10.1. The Labute approximate surface area is 123 Å². The number of carboxylic acid groups (broad SMARTS) is 1. The molecule has 0 saturated heterocycles. The number of aryl methyl sites for hydroxylation is 1. The molecule has 0 unspecified atom stereocenters. The minimum Gasteiger partial charge on any atom is -0.490 e. The fraction of sp³-hybridized carbons (Fsp3) is 0.235. The van der Waals surface area contributed by atoms with Crippen molar-refractivity contribution in [3.05, 3.63) is 53.6 Å². The molecule has 0 saturated carbocycles. The molecule has 2 aromatic carbocycles. The molecule has 0 heterocycles. The third-order valence-electron chi connectivity index (χ3n) is 2.97. The molecule has 0 radical (unpaired) electrons. The Bertz CT molecular complexity index is 634. The van der Waals surface area contributed by atoms with E-state index in [0.717, 1.165) is 12.0 Å². The molecule has 0 amide bonds. The summed E-state index contributed by atoms with van der Waals surface area (Å²) in [7, 11) is 0. The molecule has 2 rings (SSSR count). The minimum absolute atomic E-state index is 0.197. The highest BCUT2D eigenvalue weighted by molar-refractivity contribution is 5.88. The number of aromatic carboxylic acids is 1. The number of benzene rings is 2. The molecule has 4 nitrogen and oxygen atoms in total. The summed E-state index contributed by atoms with van der Waals surface area (Å²) in [6.45, 7) is 4.51. The molecule has 0 atom stereocenters. The average Bonchev–Trinajstić information content (AvgIpc) is 2.48. The molecule has 0 aliphatic rings. The summed E-state index contributed by atoms with van der Waals surface area (Å²) in [5, 5.41) is 9.06. The van der Waals surface area contributed by atoms with E-state index in [1.165, 1.54) is 6.07 Å². The highest BCUT2D eigenvalue weighted by Gasteiger charge is 2.10. The van der Waals surface area contributed by atoms with E-state index < -0.39 is 5.97 Å². The van der Waals surface area contributed by atoms with Crippen LogP contribution in [-0.4, -0.2) is 17.7 Å². The molecule has 0 aliphatic carbocycles. The molecule has 110 valence electrons. The smallest absolute Gasteiger partial charge is 0.335 e. The third kappa shape index (κ3) is 3.75. The Balaban J connectivity index is 2.29. The zero-order valence-electron chi connectivity index (χ0n) is 12.1. The van der Waals surface area contributed by atoms with Gasteiger partial charge in [-0.25, -0.2) is 4.79 Å². The van der Waals surface area contributed by atoms with Crippen LogP contribution in [0.4, 0.5) is 0 Å². The fourth-order valence-corrected chi connectivity index (χ4v) is 1.83. The highest BCUT2D eigenvalue weighted by Crippen LogP contribution is 2.33. The van der Waals surface area contributed by atoms with Crippen molar-refractivity contribution in [2.75, 3.05) is 6.61 Å². The van der Waals surface area contributed by atoms with Gasteiger partial charge in [0.25, 0.3) is 0 Å². The van der Waals surface area contributed by atoms with Gasteiger partial charge < -0.3 is 14.6 Å². The standard InChI is InChI=1S/C17H18O4/c1-3-10-20-14-6-4-5-7-15(14)21-16-11-13(17(18)19)9-8-12(16)2/h4-9,11H,3,10H2,1-2H3,(H,18,19). The molecule has 0 aromatic heterocycles. The van der Waals surface area contributed by atoms with Crippen LogP contribution in [0, 0.1) is 6.92 Å². The van der Waals surface area contributed by atoms with Crippen molar-refractivity contribution in [3.8, 4) is 17.2 Å². The summed E-state index contributed by atoms with van der Waals surface area (Å²) in [6, 6.07) is 12.2. The topological polar surface area (TPSA) is 55.8 Å². The van der Waals surface area contributed by atoms with Gasteiger partial charge >= 0.3 is 5.97 Å². The third-order valence-corrected chi connectivity index (χ3v) is 2.97. The van der Waals surface area contributed by atoms with Gasteiger partial charge in [-0.15, -0.1) is 0 Å². The number of carbonyl (C=O) groups is 1. The molecule has 0 bridgehead atoms. The molecule has 21 heavy (non-hydrogen) atoms. The highest BCUT2D eigenvalue weighted by atomic mass is 16.5. The Kier molecular flexibility index (Phi) is 4.82. The van der Waals surface area contributed by atoms with Gasteiger partial charge in [-0.3, -0.25) is 0 Å². The van der Waals surface area contributed by atoms with Gasteiger partial charge in [-0.05, 0) is 43.2 Å². The van der Waals surface area contributed by atoms with E-state index in [-0.39, 0.29) is 5.56 Å². The fourth-order valence-electron chi connectivity index (χ4n) is 1.83. The summed E-state index contributed by atoms with van der Waals surface area (Å²) in [5.41, 5.74) is 1.06. The molecular weight excluding hydrogens is 268 g/mol. The zero-order chi connectivity index (χ0) is 15.2. The van der Waals surface area contributed by atoms with Gasteiger partial charge in [0.15, 0.2) is 11.5 Å². The Hall–Kier alpha value is -2.49. The molecule has 0 aliphatic heterocycles. The number of rotatable bonds is 6. The van der Waals surface area contributed by atoms with E-state index in [1.54, 1.807) is 18.2 Å². The first kappa shape index (κ1) is 14.9. The second kappa shape index (κ2) is 6.79. The van der Waals surface area contributed by atoms with Crippen LogP contribution in [0.5, 0.6) is 17.2 Å². The largest absolute Gasteiger partial charge is 0.490 e. The Morgan fingerprint density at radius 1 is 1.10 bits per heavy atom. The number of ether oxygens (including phenoxy) is 2. The summed E-state index contributed by atoms with van der Waals surface area (Å²) in [6.07, 6.45) is 0.905. The summed E-state index contributed by atoms with van der Waals surface area (Å²) < 4.78 is 11.5. The predicted molar refractivity (Wildman–Crippen MR) is 80.4 cm³/mol. The van der Waals surface area contributed by atoms with E-state index in [1.807, 2.05) is 32.0 Å². The summed E-state index contributed by atoms with van der Waals surface area (Å²) in [5.74, 6) is 0.772. The van der Waals surface area contributed by atoms with Crippen LogP contribution >= 0.6 is 0 Å². The van der Waals surface area contributed by atoms with Crippen molar-refractivity contribution in [2.45, 2.75) is 20.3 Å². The van der Waals surface area contributed by atoms with Crippen molar-refractivity contribution in [1.29, 1.82) is 0 Å². The lowest BCUT2D eigenvalue weighted by molar-refractivity contribution is 0.0696. The maximum atomic E-state index is 11.0. The molecule has 2 aromatic rings. The number of para-hydroxylation sites is 2. The van der Waals surface area contributed by atoms with Crippen LogP contribution in [-0.2, 0) is 0 Å². The minimum atomic E-state index is -0.977. The van der Waals surface area contributed by atoms with E-state index in [4.69, 9.17) is 14.6 Å². The van der Waals surface area contributed by atoms with Crippen LogP contribution in [0.2, 0.25) is 0 Å². The predicted octanol–water partition coefficient (Wildman–Crippen LogP) is 4.27. The van der Waals surface area contributed by atoms with E-state index >= 15 is 0 Å². The maximum absolute atomic E-state index is 11.0. The van der Waals surface area contributed by atoms with Crippen molar-refractivity contribution >= 4 is 5.97 Å². The molecule has 1 N–H and O–H groups in total. The number of carboxylic acids is 1. The number of hydrogen-bond acceptors (Lipinski definition) is 3. The summed E-state index contributed by atoms with van der Waals surface area (Å²) >= 11 is 0. The van der Waals surface area contributed by atoms with Gasteiger partial charge in [0, 0.05) is 0 Å². The van der Waals surface area contributed by atoms with Gasteiger partial charge in [-0.2, -0.15) is 0 Å². The lowest BCUT2D eigenvalue weighted by atomic mass is 10.1. The maximum Gasteiger partial charge on any atom is 0.335 e. The quantitative estimate of drug-likeness (QED) is 0.861. The van der Waals surface area contributed by atoms with Crippen molar-refractivity contribution in [1.82, 2.24) is 0 Å². The second-order valence-electron chi connectivity index (χ2n) is 4.68. The van der Waals surface area contributed by atoms with E-state index in [2.05, 4.69) is 0 Å². The van der Waals surface area contributed by atoms with Gasteiger partial charge in [0.1, 0.15) is 5.75 Å². The van der Waals surface area contributed by atoms with Crippen LogP contribution in [0.15, 0.2) is 42.5 Å². The first-order valence-electron chi connectivity index (χ1n) is 6.85. The normalized spacial score (nSPS) is 10.2. The van der Waals surface area contributed by atoms with Crippen LogP contribution in [0.25, 0.3) is 0 Å².